The van der Waals surface area contributed by atoms with E-state index in [1.807, 2.05) is 0 Å². The lowest BCUT2D eigenvalue weighted by molar-refractivity contribution is -0.116. The van der Waals surface area contributed by atoms with E-state index in [1.165, 1.54) is 0 Å². The Morgan fingerprint density at radius 1 is 1.30 bits per heavy atom. The van der Waals surface area contributed by atoms with Crippen LogP contribution in [0.5, 0.6) is 0 Å². The van der Waals surface area contributed by atoms with Crippen LogP contribution >= 0.6 is 0 Å². The van der Waals surface area contributed by atoms with Gasteiger partial charge in [-0.25, -0.2) is 4.39 Å². The van der Waals surface area contributed by atoms with Gasteiger partial charge in [-0.05, 0) is 57.1 Å². The van der Waals surface area contributed by atoms with Gasteiger partial charge in [-0.2, -0.15) is 0 Å². The van der Waals surface area contributed by atoms with E-state index in [1.54, 1.807) is 12.1 Å². The lowest BCUT2D eigenvalue weighted by Crippen LogP contribution is -2.36. The summed E-state index contributed by atoms with van der Waals surface area (Å²) in [4.78, 5) is 13.7. The minimum atomic E-state index is -0.223. The molecule has 5 heteroatoms. The smallest absolute Gasteiger partial charge is 0.224 e. The lowest BCUT2D eigenvalue weighted by Gasteiger charge is -2.30. The Hall–Kier alpha value is -1.62. The number of nitrogens with zero attached hydrogens (tertiary/aromatic N) is 1. The summed E-state index contributed by atoms with van der Waals surface area (Å²) in [6.45, 7) is 2.06. The minimum Gasteiger partial charge on any atom is -0.380 e. The van der Waals surface area contributed by atoms with Crippen LogP contribution in [0.25, 0.3) is 0 Å². The SMILES string of the molecule is CN1CCC(Nc2cc3c(cc2F)CCC(=O)N3)CC1. The number of aryl methyl sites for hydroxylation is 1. The maximum Gasteiger partial charge on any atom is 0.224 e. The minimum absolute atomic E-state index is 0.00866. The number of hydrogen-bond donors (Lipinski definition) is 2. The van der Waals surface area contributed by atoms with Crippen LogP contribution in [0.1, 0.15) is 24.8 Å². The van der Waals surface area contributed by atoms with Crippen LogP contribution in [0, 0.1) is 5.82 Å². The van der Waals surface area contributed by atoms with Gasteiger partial charge < -0.3 is 15.5 Å². The van der Waals surface area contributed by atoms with E-state index < -0.39 is 0 Å². The molecule has 0 bridgehead atoms. The fourth-order valence-electron chi connectivity index (χ4n) is 2.88. The summed E-state index contributed by atoms with van der Waals surface area (Å²) in [5.41, 5.74) is 2.13. The second-order valence-corrected chi connectivity index (χ2v) is 5.76. The number of likely N-dealkylation sites (tertiary alicyclic amines) is 1. The number of amides is 1. The summed E-state index contributed by atoms with van der Waals surface area (Å²) < 4.78 is 14.1. The molecule has 108 valence electrons. The Bertz CT molecular complexity index is 524. The Balaban J connectivity index is 1.76. The number of carbonyl (C=O) groups is 1. The van der Waals surface area contributed by atoms with E-state index in [2.05, 4.69) is 22.6 Å². The first-order valence-electron chi connectivity index (χ1n) is 7.19. The zero-order valence-corrected chi connectivity index (χ0v) is 11.7. The highest BCUT2D eigenvalue weighted by Gasteiger charge is 2.21. The monoisotopic (exact) mass is 277 g/mol. The van der Waals surface area contributed by atoms with E-state index in [4.69, 9.17) is 0 Å². The first-order valence-corrected chi connectivity index (χ1v) is 7.19. The molecule has 1 fully saturated rings. The Labute approximate surface area is 118 Å². The molecule has 1 aromatic rings. The zero-order valence-electron chi connectivity index (χ0n) is 11.7. The lowest BCUT2D eigenvalue weighted by atomic mass is 10.0. The maximum absolute atomic E-state index is 14.1. The first kappa shape index (κ1) is 13.4. The van der Waals surface area contributed by atoms with Gasteiger partial charge >= 0.3 is 0 Å². The second kappa shape index (κ2) is 5.40. The van der Waals surface area contributed by atoms with Gasteiger partial charge in [0.1, 0.15) is 5.82 Å². The molecule has 0 spiro atoms. The molecule has 2 N–H and O–H groups in total. The number of anilines is 2. The predicted octanol–water partition coefficient (Wildman–Crippen LogP) is 2.22. The highest BCUT2D eigenvalue weighted by atomic mass is 19.1. The van der Waals surface area contributed by atoms with Crippen LogP contribution in [0.3, 0.4) is 0 Å². The number of fused-ring (bicyclic) bond motifs is 1. The molecule has 0 atom stereocenters. The fraction of sp³-hybridized carbons (Fsp3) is 0.533. The van der Waals surface area contributed by atoms with Gasteiger partial charge in [0.2, 0.25) is 5.91 Å². The highest BCUT2D eigenvalue weighted by molar-refractivity contribution is 5.94. The van der Waals surface area contributed by atoms with Gasteiger partial charge in [0.25, 0.3) is 0 Å². The molecule has 4 nitrogen and oxygen atoms in total. The second-order valence-electron chi connectivity index (χ2n) is 5.76. The summed E-state index contributed by atoms with van der Waals surface area (Å²) in [6.07, 6.45) is 3.08. The predicted molar refractivity (Wildman–Crippen MR) is 77.5 cm³/mol. The van der Waals surface area contributed by atoms with E-state index >= 15 is 0 Å². The average Bonchev–Trinajstić information content (AvgIpc) is 2.42. The molecule has 3 rings (SSSR count). The maximum atomic E-state index is 14.1. The number of piperidine rings is 1. The number of benzene rings is 1. The number of rotatable bonds is 2. The molecule has 1 aromatic carbocycles. The highest BCUT2D eigenvalue weighted by Crippen LogP contribution is 2.29. The summed E-state index contributed by atoms with van der Waals surface area (Å²) in [5, 5.41) is 6.10. The van der Waals surface area contributed by atoms with Crippen molar-refractivity contribution in [2.45, 2.75) is 31.7 Å². The topological polar surface area (TPSA) is 44.4 Å². The van der Waals surface area contributed by atoms with Crippen molar-refractivity contribution in [2.75, 3.05) is 30.8 Å². The van der Waals surface area contributed by atoms with Crippen molar-refractivity contribution in [2.24, 2.45) is 0 Å². The summed E-state index contributed by atoms with van der Waals surface area (Å²) in [5.74, 6) is -0.215. The first-order chi connectivity index (χ1) is 9.61. The number of nitrogens with one attached hydrogen (secondary N) is 2. The van der Waals surface area contributed by atoms with E-state index in [0.29, 0.717) is 24.6 Å². The third-order valence-corrected chi connectivity index (χ3v) is 4.17. The van der Waals surface area contributed by atoms with E-state index in [-0.39, 0.29) is 11.7 Å². The Morgan fingerprint density at radius 2 is 2.05 bits per heavy atom. The summed E-state index contributed by atoms with van der Waals surface area (Å²) in [7, 11) is 2.10. The van der Waals surface area contributed by atoms with Crippen molar-refractivity contribution in [3.63, 3.8) is 0 Å². The molecule has 1 saturated heterocycles. The van der Waals surface area contributed by atoms with Gasteiger partial charge in [0.15, 0.2) is 0 Å². The molecule has 0 saturated carbocycles. The van der Waals surface area contributed by atoms with Crippen molar-refractivity contribution >= 4 is 17.3 Å². The summed E-state index contributed by atoms with van der Waals surface area (Å²) >= 11 is 0. The largest absolute Gasteiger partial charge is 0.380 e. The normalized spacial score (nSPS) is 20.4. The van der Waals surface area contributed by atoms with Crippen molar-refractivity contribution in [3.8, 4) is 0 Å². The van der Waals surface area contributed by atoms with Crippen LogP contribution in [-0.2, 0) is 11.2 Å². The van der Waals surface area contributed by atoms with E-state index in [9.17, 15) is 9.18 Å². The van der Waals surface area contributed by atoms with Gasteiger partial charge in [-0.1, -0.05) is 0 Å². The van der Waals surface area contributed by atoms with E-state index in [0.717, 1.165) is 37.2 Å². The number of carbonyl (C=O) groups excluding carboxylic acids is 1. The molecule has 20 heavy (non-hydrogen) atoms. The summed E-state index contributed by atoms with van der Waals surface area (Å²) in [6, 6.07) is 3.59. The van der Waals surface area contributed by atoms with Gasteiger partial charge in [0.05, 0.1) is 5.69 Å². The van der Waals surface area contributed by atoms with Crippen LogP contribution in [0.4, 0.5) is 15.8 Å². The molecule has 2 heterocycles. The third-order valence-electron chi connectivity index (χ3n) is 4.17. The van der Waals surface area contributed by atoms with Crippen molar-refractivity contribution in [1.29, 1.82) is 0 Å². The number of halogens is 1. The average molecular weight is 277 g/mol. The van der Waals surface area contributed by atoms with Crippen molar-refractivity contribution in [1.82, 2.24) is 4.90 Å². The standard InChI is InChI=1S/C15H20FN3O/c1-19-6-4-11(5-7-19)17-14-9-13-10(8-12(14)16)2-3-15(20)18-13/h8-9,11,17H,2-7H2,1H3,(H,18,20). The van der Waals surface area contributed by atoms with Crippen molar-refractivity contribution < 1.29 is 9.18 Å². The third kappa shape index (κ3) is 2.77. The molecular weight excluding hydrogens is 257 g/mol. The molecule has 0 unspecified atom stereocenters. The molecule has 1 amide bonds. The molecule has 0 aromatic heterocycles. The van der Waals surface area contributed by atoms with Crippen LogP contribution in [0.15, 0.2) is 12.1 Å². The van der Waals surface area contributed by atoms with Crippen LogP contribution in [-0.4, -0.2) is 37.0 Å². The molecule has 0 aliphatic carbocycles. The fourth-order valence-corrected chi connectivity index (χ4v) is 2.88. The van der Waals surface area contributed by atoms with Gasteiger partial charge in [-0.3, -0.25) is 4.79 Å². The molecule has 2 aliphatic heterocycles. The molecule has 2 aliphatic rings. The van der Waals surface area contributed by atoms with Crippen molar-refractivity contribution in [3.05, 3.63) is 23.5 Å². The zero-order chi connectivity index (χ0) is 14.1. The quantitative estimate of drug-likeness (QED) is 0.871. The van der Waals surface area contributed by atoms with Gasteiger partial charge in [0, 0.05) is 18.2 Å². The Kier molecular flexibility index (Phi) is 3.61. The van der Waals surface area contributed by atoms with Gasteiger partial charge in [-0.15, -0.1) is 0 Å². The Morgan fingerprint density at radius 3 is 2.80 bits per heavy atom. The molecular formula is C15H20FN3O. The molecule has 0 radical (unpaired) electrons. The number of hydrogen-bond acceptors (Lipinski definition) is 3. The van der Waals surface area contributed by atoms with Crippen LogP contribution in [0.2, 0.25) is 0 Å². The van der Waals surface area contributed by atoms with Crippen LogP contribution < -0.4 is 10.6 Å².